The molecule has 0 atom stereocenters. The minimum absolute atomic E-state index is 0.0410. The number of hydrogen-bond acceptors (Lipinski definition) is 4. The Hall–Kier alpha value is -2.96. The summed E-state index contributed by atoms with van der Waals surface area (Å²) in [6.45, 7) is 0. The summed E-state index contributed by atoms with van der Waals surface area (Å²) in [4.78, 5) is 15.2. The third kappa shape index (κ3) is 2.18. The number of fused-ring (bicyclic) bond motifs is 1. The molecular formula is C14H10FN3O3. The number of rotatable bonds is 3. The second kappa shape index (κ2) is 4.86. The first-order chi connectivity index (χ1) is 10.1. The molecule has 6 nitrogen and oxygen atoms in total. The van der Waals surface area contributed by atoms with Crippen LogP contribution in [0.4, 0.5) is 4.39 Å². The molecule has 0 amide bonds. The zero-order valence-corrected chi connectivity index (χ0v) is 10.9. The van der Waals surface area contributed by atoms with Crippen molar-refractivity contribution in [3.63, 3.8) is 0 Å². The molecule has 1 N–H and O–H groups in total. The maximum absolute atomic E-state index is 13.8. The molecule has 0 spiro atoms. The summed E-state index contributed by atoms with van der Waals surface area (Å²) in [6, 6.07) is 5.82. The van der Waals surface area contributed by atoms with Crippen LogP contribution in [0.15, 0.2) is 36.8 Å². The Bertz CT molecular complexity index is 845. The van der Waals surface area contributed by atoms with E-state index in [-0.39, 0.29) is 11.3 Å². The van der Waals surface area contributed by atoms with Gasteiger partial charge in [-0.2, -0.15) is 5.10 Å². The molecule has 0 saturated carbocycles. The lowest BCUT2D eigenvalue weighted by Crippen LogP contribution is -2.01. The van der Waals surface area contributed by atoms with Gasteiger partial charge in [0, 0.05) is 11.8 Å². The molecule has 2 heterocycles. The van der Waals surface area contributed by atoms with Crippen LogP contribution in [0.3, 0.4) is 0 Å². The first-order valence-electron chi connectivity index (χ1n) is 6.00. The molecule has 0 aliphatic rings. The quantitative estimate of drug-likeness (QED) is 0.799. The van der Waals surface area contributed by atoms with Crippen molar-refractivity contribution < 1.29 is 19.0 Å². The zero-order valence-electron chi connectivity index (χ0n) is 10.9. The normalized spacial score (nSPS) is 10.8. The first kappa shape index (κ1) is 13.0. The molecule has 0 aliphatic heterocycles. The maximum Gasteiger partial charge on any atom is 0.337 e. The van der Waals surface area contributed by atoms with Gasteiger partial charge in [0.15, 0.2) is 17.2 Å². The van der Waals surface area contributed by atoms with Gasteiger partial charge in [-0.15, -0.1) is 0 Å². The molecule has 0 fully saturated rings. The van der Waals surface area contributed by atoms with Crippen LogP contribution in [0, 0.1) is 5.82 Å². The summed E-state index contributed by atoms with van der Waals surface area (Å²) < 4.78 is 20.1. The summed E-state index contributed by atoms with van der Waals surface area (Å²) in [5.41, 5.74) is 1.46. The van der Waals surface area contributed by atoms with Crippen LogP contribution in [-0.2, 0) is 0 Å². The SMILES string of the molecule is COc1ccc(-c2cc(C(=O)O)cn3ncnc23)cc1F. The number of methoxy groups -OCH3 is 1. The van der Waals surface area contributed by atoms with Gasteiger partial charge in [0.2, 0.25) is 0 Å². The highest BCUT2D eigenvalue weighted by Crippen LogP contribution is 2.28. The molecule has 0 unspecified atom stereocenters. The van der Waals surface area contributed by atoms with Gasteiger partial charge in [-0.25, -0.2) is 18.7 Å². The van der Waals surface area contributed by atoms with Crippen molar-refractivity contribution in [2.75, 3.05) is 7.11 Å². The van der Waals surface area contributed by atoms with Crippen LogP contribution in [0.1, 0.15) is 10.4 Å². The summed E-state index contributed by atoms with van der Waals surface area (Å²) >= 11 is 0. The largest absolute Gasteiger partial charge is 0.494 e. The Balaban J connectivity index is 2.25. The van der Waals surface area contributed by atoms with Crippen LogP contribution in [0.5, 0.6) is 5.75 Å². The van der Waals surface area contributed by atoms with Crippen LogP contribution >= 0.6 is 0 Å². The molecule has 7 heteroatoms. The highest BCUT2D eigenvalue weighted by molar-refractivity contribution is 5.91. The molecule has 0 aliphatic carbocycles. The molecule has 0 bridgehead atoms. The highest BCUT2D eigenvalue weighted by Gasteiger charge is 2.14. The van der Waals surface area contributed by atoms with E-state index >= 15 is 0 Å². The minimum atomic E-state index is -1.09. The van der Waals surface area contributed by atoms with Gasteiger partial charge in [-0.3, -0.25) is 0 Å². The van der Waals surface area contributed by atoms with E-state index in [0.717, 1.165) is 0 Å². The Kier molecular flexibility index (Phi) is 3.02. The van der Waals surface area contributed by atoms with E-state index in [9.17, 15) is 9.18 Å². The summed E-state index contributed by atoms with van der Waals surface area (Å²) in [7, 11) is 1.37. The predicted molar refractivity (Wildman–Crippen MR) is 71.9 cm³/mol. The maximum atomic E-state index is 13.8. The van der Waals surface area contributed by atoms with Crippen molar-refractivity contribution in [3.8, 4) is 16.9 Å². The Morgan fingerprint density at radius 1 is 1.38 bits per heavy atom. The summed E-state index contributed by atoms with van der Waals surface area (Å²) in [5, 5.41) is 13.1. The molecule has 21 heavy (non-hydrogen) atoms. The van der Waals surface area contributed by atoms with Gasteiger partial charge in [0.25, 0.3) is 0 Å². The van der Waals surface area contributed by atoms with Gasteiger partial charge >= 0.3 is 5.97 Å². The number of ether oxygens (including phenoxy) is 1. The molecule has 3 aromatic rings. The number of halogens is 1. The summed E-state index contributed by atoms with van der Waals surface area (Å²) in [6.07, 6.45) is 2.67. The monoisotopic (exact) mass is 287 g/mol. The predicted octanol–water partition coefficient (Wildman–Crippen LogP) is 2.24. The van der Waals surface area contributed by atoms with E-state index in [1.165, 1.54) is 42.3 Å². The first-order valence-corrected chi connectivity index (χ1v) is 6.00. The molecule has 0 radical (unpaired) electrons. The van der Waals surface area contributed by atoms with Crippen molar-refractivity contribution >= 4 is 11.6 Å². The molecule has 2 aromatic heterocycles. The van der Waals surface area contributed by atoms with Crippen LogP contribution < -0.4 is 4.74 Å². The lowest BCUT2D eigenvalue weighted by atomic mass is 10.0. The third-order valence-corrected chi connectivity index (χ3v) is 3.08. The highest BCUT2D eigenvalue weighted by atomic mass is 19.1. The molecule has 0 saturated heterocycles. The topological polar surface area (TPSA) is 76.7 Å². The number of carbonyl (C=O) groups is 1. The van der Waals surface area contributed by atoms with Crippen LogP contribution in [0.25, 0.3) is 16.8 Å². The molecular weight excluding hydrogens is 277 g/mol. The van der Waals surface area contributed by atoms with E-state index < -0.39 is 11.8 Å². The van der Waals surface area contributed by atoms with Gasteiger partial charge in [0.05, 0.1) is 12.7 Å². The van der Waals surface area contributed by atoms with Gasteiger partial charge in [0.1, 0.15) is 6.33 Å². The fraction of sp³-hybridized carbons (Fsp3) is 0.0714. The van der Waals surface area contributed by atoms with E-state index in [1.807, 2.05) is 0 Å². The molecule has 3 rings (SSSR count). The number of nitrogens with zero attached hydrogens (tertiary/aromatic N) is 3. The standard InChI is InChI=1S/C14H10FN3O3/c1-21-12-3-2-8(5-11(12)15)10-4-9(14(19)20)6-18-13(10)16-7-17-18/h2-7H,1H3,(H,19,20). The number of hydrogen-bond donors (Lipinski definition) is 1. The number of benzene rings is 1. The average Bonchev–Trinajstić information content (AvgIpc) is 2.94. The van der Waals surface area contributed by atoms with Gasteiger partial charge < -0.3 is 9.84 Å². The average molecular weight is 287 g/mol. The number of pyridine rings is 1. The number of carboxylic acids is 1. The Morgan fingerprint density at radius 3 is 2.86 bits per heavy atom. The number of carboxylic acid groups (broad SMARTS) is 1. The lowest BCUT2D eigenvalue weighted by Gasteiger charge is -2.07. The van der Waals surface area contributed by atoms with Gasteiger partial charge in [-0.05, 0) is 23.8 Å². The van der Waals surface area contributed by atoms with E-state index in [1.54, 1.807) is 6.07 Å². The second-order valence-electron chi connectivity index (χ2n) is 4.33. The lowest BCUT2D eigenvalue weighted by molar-refractivity contribution is 0.0696. The van der Waals surface area contributed by atoms with Crippen LogP contribution in [-0.4, -0.2) is 32.8 Å². The van der Waals surface area contributed by atoms with Crippen molar-refractivity contribution in [1.82, 2.24) is 14.6 Å². The van der Waals surface area contributed by atoms with E-state index in [2.05, 4.69) is 10.1 Å². The van der Waals surface area contributed by atoms with E-state index in [4.69, 9.17) is 9.84 Å². The minimum Gasteiger partial charge on any atom is -0.494 e. The molecule has 1 aromatic carbocycles. The fourth-order valence-corrected chi connectivity index (χ4v) is 2.09. The summed E-state index contributed by atoms with van der Waals surface area (Å²) in [5.74, 6) is -1.51. The van der Waals surface area contributed by atoms with E-state index in [0.29, 0.717) is 16.8 Å². The van der Waals surface area contributed by atoms with Crippen molar-refractivity contribution in [1.29, 1.82) is 0 Å². The fourth-order valence-electron chi connectivity index (χ4n) is 2.09. The number of aromatic carboxylic acids is 1. The van der Waals surface area contributed by atoms with Gasteiger partial charge in [-0.1, -0.05) is 6.07 Å². The van der Waals surface area contributed by atoms with Crippen molar-refractivity contribution in [2.45, 2.75) is 0 Å². The van der Waals surface area contributed by atoms with Crippen molar-refractivity contribution in [2.24, 2.45) is 0 Å². The Morgan fingerprint density at radius 2 is 2.19 bits per heavy atom. The van der Waals surface area contributed by atoms with Crippen LogP contribution in [0.2, 0.25) is 0 Å². The Labute approximate surface area is 118 Å². The smallest absolute Gasteiger partial charge is 0.337 e. The second-order valence-corrected chi connectivity index (χ2v) is 4.33. The number of aromatic nitrogens is 3. The third-order valence-electron chi connectivity index (χ3n) is 3.08. The zero-order chi connectivity index (χ0) is 15.0. The molecule has 106 valence electrons. The van der Waals surface area contributed by atoms with Crippen molar-refractivity contribution in [3.05, 3.63) is 48.2 Å².